The molecule has 0 amide bonds. The van der Waals surface area contributed by atoms with Crippen LogP contribution in [0.15, 0.2) is 36.4 Å². The minimum atomic E-state index is -4.58. The molecule has 2 aromatic carbocycles. The van der Waals surface area contributed by atoms with Crippen LogP contribution < -0.4 is 5.32 Å². The molecule has 1 unspecified atom stereocenters. The molecule has 0 heterocycles. The van der Waals surface area contributed by atoms with Crippen LogP contribution in [0.5, 0.6) is 0 Å². The molecule has 3 N–H and O–H groups in total. The third-order valence-electron chi connectivity index (χ3n) is 3.52. The molecule has 0 spiro atoms. The van der Waals surface area contributed by atoms with Crippen LogP contribution in [0.25, 0.3) is 0 Å². The van der Waals surface area contributed by atoms with Gasteiger partial charge in [-0.25, -0.2) is 0 Å². The fourth-order valence-electron chi connectivity index (χ4n) is 2.17. The summed E-state index contributed by atoms with van der Waals surface area (Å²) >= 11 is 11.9. The second-order valence-corrected chi connectivity index (χ2v) is 6.14. The second kappa shape index (κ2) is 7.96. The number of alkyl halides is 3. The molecule has 2 rings (SSSR count). The van der Waals surface area contributed by atoms with Crippen molar-refractivity contribution in [2.45, 2.75) is 18.8 Å². The Balaban J connectivity index is 2.39. The van der Waals surface area contributed by atoms with E-state index >= 15 is 0 Å². The van der Waals surface area contributed by atoms with E-state index in [1.165, 1.54) is 12.1 Å². The predicted molar refractivity (Wildman–Crippen MR) is 93.7 cm³/mol. The number of hydrogen-bond acceptors (Lipinski definition) is 4. The molecule has 136 valence electrons. The van der Waals surface area contributed by atoms with Crippen LogP contribution >= 0.6 is 23.2 Å². The van der Waals surface area contributed by atoms with Crippen molar-refractivity contribution in [3.8, 4) is 6.07 Å². The molecule has 0 aliphatic carbocycles. The van der Waals surface area contributed by atoms with Gasteiger partial charge in [0, 0.05) is 27.8 Å². The molecule has 26 heavy (non-hydrogen) atoms. The third-order valence-corrected chi connectivity index (χ3v) is 4.10. The van der Waals surface area contributed by atoms with Crippen molar-refractivity contribution >= 4 is 34.6 Å². The second-order valence-electron chi connectivity index (χ2n) is 5.29. The Kier molecular flexibility index (Phi) is 6.13. The maximum Gasteiger partial charge on any atom is 0.416 e. The van der Waals surface area contributed by atoms with Crippen LogP contribution in [0, 0.1) is 16.7 Å². The normalized spacial score (nSPS) is 12.3. The van der Waals surface area contributed by atoms with Crippen molar-refractivity contribution in [3.05, 3.63) is 63.1 Å². The summed E-state index contributed by atoms with van der Waals surface area (Å²) in [4.78, 5) is 0. The lowest BCUT2D eigenvalue weighted by atomic mass is 10.0. The fourth-order valence-corrected chi connectivity index (χ4v) is 2.64. The van der Waals surface area contributed by atoms with E-state index in [0.29, 0.717) is 15.6 Å². The summed E-state index contributed by atoms with van der Waals surface area (Å²) < 4.78 is 38.9. The van der Waals surface area contributed by atoms with Gasteiger partial charge in [0.25, 0.3) is 0 Å². The largest absolute Gasteiger partial charge is 0.416 e. The number of benzene rings is 2. The van der Waals surface area contributed by atoms with Gasteiger partial charge in [0.1, 0.15) is 6.07 Å². The van der Waals surface area contributed by atoms with Crippen molar-refractivity contribution < 1.29 is 18.3 Å². The molecule has 4 nitrogen and oxygen atoms in total. The van der Waals surface area contributed by atoms with Crippen molar-refractivity contribution in [2.75, 3.05) is 5.32 Å². The molecular formula is C17H12Cl2F3N3O. The van der Waals surface area contributed by atoms with E-state index in [2.05, 4.69) is 5.32 Å². The molecule has 0 radical (unpaired) electrons. The summed E-state index contributed by atoms with van der Waals surface area (Å²) in [7, 11) is 0. The zero-order valence-corrected chi connectivity index (χ0v) is 14.5. The molecule has 1 atom stereocenters. The van der Waals surface area contributed by atoms with E-state index in [0.717, 1.165) is 18.2 Å². The number of nitriles is 1. The first-order chi connectivity index (χ1) is 12.1. The molecule has 0 aromatic heterocycles. The van der Waals surface area contributed by atoms with Gasteiger partial charge in [-0.05, 0) is 29.8 Å². The van der Waals surface area contributed by atoms with Gasteiger partial charge in [0.2, 0.25) is 0 Å². The van der Waals surface area contributed by atoms with Crippen LogP contribution in [0.4, 0.5) is 18.9 Å². The molecule has 2 aromatic rings. The van der Waals surface area contributed by atoms with Crippen LogP contribution in [-0.2, 0) is 12.7 Å². The lowest BCUT2D eigenvalue weighted by molar-refractivity contribution is -0.137. The minimum absolute atomic E-state index is 0.0165. The Morgan fingerprint density at radius 1 is 1.23 bits per heavy atom. The molecule has 0 aliphatic heterocycles. The highest BCUT2D eigenvalue weighted by Gasteiger charge is 2.31. The highest BCUT2D eigenvalue weighted by atomic mass is 35.5. The number of aliphatic hydroxyl groups excluding tert-OH is 1. The first kappa shape index (κ1) is 20.0. The summed E-state index contributed by atoms with van der Waals surface area (Å²) in [5, 5.41) is 29.6. The average molecular weight is 402 g/mol. The summed E-state index contributed by atoms with van der Waals surface area (Å²) in [6.45, 7) is 0.0558. The Morgan fingerprint density at radius 3 is 2.50 bits per heavy atom. The number of aliphatic hydroxyl groups is 1. The summed E-state index contributed by atoms with van der Waals surface area (Å²) in [6.07, 6.45) is -6.34. The van der Waals surface area contributed by atoms with E-state index in [1.54, 1.807) is 12.1 Å². The van der Waals surface area contributed by atoms with E-state index < -0.39 is 23.6 Å². The molecule has 0 bridgehead atoms. The van der Waals surface area contributed by atoms with E-state index in [1.807, 2.05) is 0 Å². The van der Waals surface area contributed by atoms with Crippen molar-refractivity contribution in [3.63, 3.8) is 0 Å². The van der Waals surface area contributed by atoms with Crippen LogP contribution in [0.3, 0.4) is 0 Å². The first-order valence-electron chi connectivity index (χ1n) is 7.19. The number of nitrogens with one attached hydrogen (secondary N) is 2. The van der Waals surface area contributed by atoms with E-state index in [-0.39, 0.29) is 17.8 Å². The summed E-state index contributed by atoms with van der Waals surface area (Å²) in [6, 6.07) is 8.80. The molecule has 0 saturated heterocycles. The molecule has 0 saturated carbocycles. The number of anilines is 1. The van der Waals surface area contributed by atoms with Gasteiger partial charge < -0.3 is 15.8 Å². The van der Waals surface area contributed by atoms with Gasteiger partial charge in [0.05, 0.1) is 11.3 Å². The number of hydrogen-bond donors (Lipinski definition) is 3. The van der Waals surface area contributed by atoms with E-state index in [9.17, 15) is 18.3 Å². The quantitative estimate of drug-likeness (QED) is 0.493. The maximum absolute atomic E-state index is 13.0. The highest BCUT2D eigenvalue weighted by molar-refractivity contribution is 6.35. The highest BCUT2D eigenvalue weighted by Crippen LogP contribution is 2.33. The van der Waals surface area contributed by atoms with Gasteiger partial charge >= 0.3 is 6.18 Å². The van der Waals surface area contributed by atoms with Crippen molar-refractivity contribution in [1.29, 1.82) is 10.7 Å². The van der Waals surface area contributed by atoms with Gasteiger partial charge in [-0.2, -0.15) is 18.4 Å². The van der Waals surface area contributed by atoms with E-state index in [4.69, 9.17) is 33.9 Å². The zero-order valence-electron chi connectivity index (χ0n) is 13.0. The Morgan fingerprint density at radius 2 is 1.92 bits per heavy atom. The lowest BCUT2D eigenvalue weighted by Gasteiger charge is -2.17. The molecule has 9 heteroatoms. The van der Waals surface area contributed by atoms with Crippen LogP contribution in [0.2, 0.25) is 10.0 Å². The number of rotatable bonds is 5. The van der Waals surface area contributed by atoms with Crippen LogP contribution in [0.1, 0.15) is 16.7 Å². The Bertz CT molecular complexity index is 879. The lowest BCUT2D eigenvalue weighted by Crippen LogP contribution is -2.20. The smallest absolute Gasteiger partial charge is 0.380 e. The summed E-state index contributed by atoms with van der Waals surface area (Å²) in [5.41, 5.74) is -0.926. The Labute approximate surface area is 157 Å². The molecule has 0 fully saturated rings. The van der Waals surface area contributed by atoms with Crippen LogP contribution in [-0.4, -0.2) is 16.9 Å². The average Bonchev–Trinajstić information content (AvgIpc) is 2.58. The zero-order chi connectivity index (χ0) is 19.5. The van der Waals surface area contributed by atoms with Gasteiger partial charge in [-0.3, -0.25) is 0 Å². The Hall–Kier alpha value is -2.27. The molecule has 0 aliphatic rings. The summed E-state index contributed by atoms with van der Waals surface area (Å²) in [5.74, 6) is 0. The third kappa shape index (κ3) is 4.67. The monoisotopic (exact) mass is 401 g/mol. The van der Waals surface area contributed by atoms with Gasteiger partial charge in [-0.15, -0.1) is 0 Å². The van der Waals surface area contributed by atoms with Gasteiger partial charge in [0.15, 0.2) is 6.10 Å². The van der Waals surface area contributed by atoms with Gasteiger partial charge in [-0.1, -0.05) is 35.3 Å². The molecular weight excluding hydrogens is 390 g/mol. The topological polar surface area (TPSA) is 79.9 Å². The fraction of sp³-hybridized carbons (Fsp3) is 0.176. The predicted octanol–water partition coefficient (Wildman–Crippen LogP) is 4.88. The van der Waals surface area contributed by atoms with Crippen molar-refractivity contribution in [1.82, 2.24) is 0 Å². The maximum atomic E-state index is 13.0. The first-order valence-corrected chi connectivity index (χ1v) is 7.94. The van der Waals surface area contributed by atoms with Crippen molar-refractivity contribution in [2.24, 2.45) is 0 Å². The number of nitrogens with zero attached hydrogens (tertiary/aromatic N) is 1. The SMILES string of the molecule is N#CC(O)C(=N)c1ccc(C(F)(F)F)cc1NCc1ccc(Cl)cc1Cl. The standard InChI is InChI=1S/C17H12Cl2F3N3O/c18-11-3-1-9(13(19)6-11)8-25-14-5-10(17(20,21)22)2-4-12(14)16(24)15(26)7-23/h1-6,15,24-26H,8H2. The minimum Gasteiger partial charge on any atom is -0.380 e. The number of halogens is 5.